The van der Waals surface area contributed by atoms with Crippen molar-refractivity contribution in [2.75, 3.05) is 12.4 Å². The highest BCUT2D eigenvalue weighted by Crippen LogP contribution is 2.25. The van der Waals surface area contributed by atoms with Gasteiger partial charge in [-0.1, -0.05) is 0 Å². The Morgan fingerprint density at radius 3 is 3.15 bits per heavy atom. The minimum absolute atomic E-state index is 0.579. The Morgan fingerprint density at radius 1 is 1.50 bits per heavy atom. The van der Waals surface area contributed by atoms with Crippen molar-refractivity contribution in [3.05, 3.63) is 47.2 Å². The average molecular weight is 284 g/mol. The molecule has 20 heavy (non-hydrogen) atoms. The first kappa shape index (κ1) is 12.5. The number of nitrogens with zero attached hydrogens (tertiary/aromatic N) is 3. The number of aromatic nitrogens is 2. The molecule has 0 aliphatic heterocycles. The normalized spacial score (nSPS) is 10.4. The second-order valence-corrected chi connectivity index (χ2v) is 5.08. The maximum atomic E-state index is 8.88. The molecule has 1 N–H and O–H groups in total. The van der Waals surface area contributed by atoms with Gasteiger partial charge in [0, 0.05) is 23.8 Å². The molecule has 100 valence electrons. The van der Waals surface area contributed by atoms with Gasteiger partial charge in [0.05, 0.1) is 36.7 Å². The van der Waals surface area contributed by atoms with Crippen LogP contribution < -0.4 is 10.1 Å². The standard InChI is InChI=1S/C14H12N4OS/c1-19-13-6-10(7-15)2-3-12(13)16-8-11-9-18-4-5-20-14(18)17-11/h2-6,9,16H,8H2,1H3. The molecule has 0 saturated heterocycles. The van der Waals surface area contributed by atoms with Gasteiger partial charge in [0.15, 0.2) is 4.96 Å². The molecule has 0 amide bonds. The first-order valence-electron chi connectivity index (χ1n) is 6.03. The van der Waals surface area contributed by atoms with Crippen molar-refractivity contribution in [1.82, 2.24) is 9.38 Å². The molecule has 2 aromatic heterocycles. The number of benzene rings is 1. The molecule has 1 aromatic carbocycles. The van der Waals surface area contributed by atoms with Gasteiger partial charge in [-0.25, -0.2) is 4.98 Å². The summed E-state index contributed by atoms with van der Waals surface area (Å²) in [5, 5.41) is 14.2. The van der Waals surface area contributed by atoms with E-state index < -0.39 is 0 Å². The van der Waals surface area contributed by atoms with Crippen molar-refractivity contribution < 1.29 is 4.74 Å². The summed E-state index contributed by atoms with van der Waals surface area (Å²) in [5.41, 5.74) is 2.39. The summed E-state index contributed by atoms with van der Waals surface area (Å²) in [6.07, 6.45) is 3.98. The van der Waals surface area contributed by atoms with Gasteiger partial charge in [0.1, 0.15) is 5.75 Å². The highest BCUT2D eigenvalue weighted by molar-refractivity contribution is 7.15. The highest BCUT2D eigenvalue weighted by Gasteiger charge is 2.06. The van der Waals surface area contributed by atoms with Gasteiger partial charge in [-0.2, -0.15) is 5.26 Å². The van der Waals surface area contributed by atoms with Crippen LogP contribution in [0.25, 0.3) is 4.96 Å². The summed E-state index contributed by atoms with van der Waals surface area (Å²) in [4.78, 5) is 5.48. The van der Waals surface area contributed by atoms with Crippen molar-refractivity contribution in [1.29, 1.82) is 5.26 Å². The molecule has 0 spiro atoms. The Bertz CT molecular complexity index is 755. The Morgan fingerprint density at radius 2 is 2.40 bits per heavy atom. The smallest absolute Gasteiger partial charge is 0.193 e. The second kappa shape index (κ2) is 5.23. The minimum Gasteiger partial charge on any atom is -0.495 e. The monoisotopic (exact) mass is 284 g/mol. The minimum atomic E-state index is 0.579. The summed E-state index contributed by atoms with van der Waals surface area (Å²) in [6, 6.07) is 7.41. The number of thiazole rings is 1. The van der Waals surface area contributed by atoms with E-state index in [9.17, 15) is 0 Å². The van der Waals surface area contributed by atoms with E-state index in [0.717, 1.165) is 16.3 Å². The lowest BCUT2D eigenvalue weighted by atomic mass is 10.2. The largest absolute Gasteiger partial charge is 0.495 e. The maximum Gasteiger partial charge on any atom is 0.193 e. The zero-order chi connectivity index (χ0) is 13.9. The third kappa shape index (κ3) is 2.31. The molecule has 0 unspecified atom stereocenters. The molecule has 0 aliphatic carbocycles. The fourth-order valence-electron chi connectivity index (χ4n) is 1.95. The first-order chi connectivity index (χ1) is 9.80. The highest BCUT2D eigenvalue weighted by atomic mass is 32.1. The Balaban J connectivity index is 1.78. The topological polar surface area (TPSA) is 62.3 Å². The Kier molecular flexibility index (Phi) is 3.27. The molecule has 0 radical (unpaired) electrons. The van der Waals surface area contributed by atoms with Gasteiger partial charge in [-0.05, 0) is 12.1 Å². The van der Waals surface area contributed by atoms with Gasteiger partial charge < -0.3 is 10.1 Å². The van der Waals surface area contributed by atoms with Crippen molar-refractivity contribution in [2.45, 2.75) is 6.54 Å². The fraction of sp³-hybridized carbons (Fsp3) is 0.143. The SMILES string of the molecule is COc1cc(C#N)ccc1NCc1cn2ccsc2n1. The third-order valence-electron chi connectivity index (χ3n) is 2.93. The van der Waals surface area contributed by atoms with Crippen molar-refractivity contribution in [3.8, 4) is 11.8 Å². The molecule has 0 bridgehead atoms. The summed E-state index contributed by atoms with van der Waals surface area (Å²) >= 11 is 1.61. The van der Waals surface area contributed by atoms with Crippen LogP contribution in [-0.2, 0) is 6.54 Å². The van der Waals surface area contributed by atoms with Crippen LogP contribution in [0.4, 0.5) is 5.69 Å². The first-order valence-corrected chi connectivity index (χ1v) is 6.91. The van der Waals surface area contributed by atoms with Gasteiger partial charge in [-0.3, -0.25) is 4.40 Å². The van der Waals surface area contributed by atoms with Gasteiger partial charge in [0.2, 0.25) is 0 Å². The molecule has 5 nitrogen and oxygen atoms in total. The Labute approximate surface area is 120 Å². The molecule has 3 rings (SSSR count). The second-order valence-electron chi connectivity index (χ2n) is 4.21. The van der Waals surface area contributed by atoms with E-state index in [1.165, 1.54) is 0 Å². The summed E-state index contributed by atoms with van der Waals surface area (Å²) in [5.74, 6) is 0.657. The molecule has 0 fully saturated rings. The van der Waals surface area contributed by atoms with Crippen molar-refractivity contribution in [3.63, 3.8) is 0 Å². The van der Waals surface area contributed by atoms with Crippen LogP contribution in [-0.4, -0.2) is 16.5 Å². The number of hydrogen-bond acceptors (Lipinski definition) is 5. The van der Waals surface area contributed by atoms with E-state index in [2.05, 4.69) is 16.4 Å². The van der Waals surface area contributed by atoms with Crippen LogP contribution in [0.1, 0.15) is 11.3 Å². The van der Waals surface area contributed by atoms with Crippen LogP contribution in [0.3, 0.4) is 0 Å². The van der Waals surface area contributed by atoms with E-state index in [0.29, 0.717) is 17.9 Å². The molecule has 0 atom stereocenters. The molecule has 0 saturated carbocycles. The number of imidazole rings is 1. The molecule has 3 aromatic rings. The van der Waals surface area contributed by atoms with E-state index in [1.807, 2.05) is 28.2 Å². The number of fused-ring (bicyclic) bond motifs is 1. The lowest BCUT2D eigenvalue weighted by molar-refractivity contribution is 0.416. The lowest BCUT2D eigenvalue weighted by Crippen LogP contribution is -2.01. The predicted octanol–water partition coefficient (Wildman–Crippen LogP) is 2.89. The van der Waals surface area contributed by atoms with E-state index in [1.54, 1.807) is 30.6 Å². The van der Waals surface area contributed by atoms with Crippen molar-refractivity contribution >= 4 is 22.0 Å². The van der Waals surface area contributed by atoms with Crippen LogP contribution in [0, 0.1) is 11.3 Å². The quantitative estimate of drug-likeness (QED) is 0.800. The number of rotatable bonds is 4. The number of hydrogen-bond donors (Lipinski definition) is 1. The van der Waals surface area contributed by atoms with E-state index in [-0.39, 0.29) is 0 Å². The molecule has 2 heterocycles. The summed E-state index contributed by atoms with van der Waals surface area (Å²) in [7, 11) is 1.59. The maximum absolute atomic E-state index is 8.88. The molecule has 0 aliphatic rings. The van der Waals surface area contributed by atoms with E-state index in [4.69, 9.17) is 10.00 Å². The summed E-state index contributed by atoms with van der Waals surface area (Å²) < 4.78 is 7.28. The fourth-order valence-corrected chi connectivity index (χ4v) is 2.67. The van der Waals surface area contributed by atoms with Gasteiger partial charge in [-0.15, -0.1) is 11.3 Å². The van der Waals surface area contributed by atoms with Crippen LogP contribution in [0.2, 0.25) is 0 Å². The molecule has 6 heteroatoms. The zero-order valence-electron chi connectivity index (χ0n) is 10.8. The van der Waals surface area contributed by atoms with Crippen molar-refractivity contribution in [2.24, 2.45) is 0 Å². The van der Waals surface area contributed by atoms with Crippen LogP contribution in [0.5, 0.6) is 5.75 Å². The average Bonchev–Trinajstić information content (AvgIpc) is 3.05. The lowest BCUT2D eigenvalue weighted by Gasteiger charge is -2.10. The number of methoxy groups -OCH3 is 1. The summed E-state index contributed by atoms with van der Waals surface area (Å²) in [6.45, 7) is 0.608. The number of ether oxygens (including phenoxy) is 1. The molecular formula is C14H12N4OS. The number of nitrogens with one attached hydrogen (secondary N) is 1. The van der Waals surface area contributed by atoms with E-state index >= 15 is 0 Å². The number of anilines is 1. The number of nitriles is 1. The molecular weight excluding hydrogens is 272 g/mol. The van der Waals surface area contributed by atoms with Crippen LogP contribution >= 0.6 is 11.3 Å². The predicted molar refractivity (Wildman–Crippen MR) is 78.1 cm³/mol. The third-order valence-corrected chi connectivity index (χ3v) is 3.70. The van der Waals surface area contributed by atoms with Gasteiger partial charge >= 0.3 is 0 Å². The Hall–Kier alpha value is -2.52. The van der Waals surface area contributed by atoms with Gasteiger partial charge in [0.25, 0.3) is 0 Å². The zero-order valence-corrected chi connectivity index (χ0v) is 11.6. The van der Waals surface area contributed by atoms with Crippen LogP contribution in [0.15, 0.2) is 36.0 Å².